The molecule has 0 amide bonds. The first-order valence-corrected chi connectivity index (χ1v) is 10.5. The van der Waals surface area contributed by atoms with Crippen molar-refractivity contribution in [2.24, 2.45) is 0 Å². The van der Waals surface area contributed by atoms with Crippen LogP contribution in [0.3, 0.4) is 0 Å². The number of hydrogen-bond donors (Lipinski definition) is 0. The summed E-state index contributed by atoms with van der Waals surface area (Å²) in [6, 6.07) is 15.5. The van der Waals surface area contributed by atoms with E-state index in [9.17, 15) is 19.7 Å². The van der Waals surface area contributed by atoms with Crippen molar-refractivity contribution in [3.8, 4) is 16.9 Å². The van der Waals surface area contributed by atoms with Gasteiger partial charge in [0.25, 0.3) is 16.8 Å². The van der Waals surface area contributed by atoms with Gasteiger partial charge in [0, 0.05) is 29.5 Å². The van der Waals surface area contributed by atoms with Gasteiger partial charge in [0.2, 0.25) is 4.96 Å². The number of hydrogen-bond acceptors (Lipinski definition) is 8. The van der Waals surface area contributed by atoms with Crippen LogP contribution < -0.4 is 15.7 Å². The lowest BCUT2D eigenvalue weighted by Crippen LogP contribution is -2.27. The van der Waals surface area contributed by atoms with Crippen molar-refractivity contribution >= 4 is 28.1 Å². The minimum atomic E-state index is -0.480. The molecule has 0 aliphatic carbocycles. The molecule has 5 aromatic rings. The second-order valence-corrected chi connectivity index (χ2v) is 8.14. The Labute approximate surface area is 188 Å². The zero-order valence-electron chi connectivity index (χ0n) is 17.1. The fourth-order valence-corrected chi connectivity index (χ4v) is 4.19. The number of nitrogens with zero attached hydrogens (tertiary/aromatic N) is 6. The second-order valence-electron chi connectivity index (χ2n) is 7.13. The molecule has 0 N–H and O–H groups in total. The van der Waals surface area contributed by atoms with Gasteiger partial charge in [0.05, 0.1) is 15.1 Å². The van der Waals surface area contributed by atoms with Crippen LogP contribution in [0, 0.1) is 17.0 Å². The van der Waals surface area contributed by atoms with E-state index in [1.807, 2.05) is 30.3 Å². The summed E-state index contributed by atoms with van der Waals surface area (Å²) in [5, 5.41) is 19.7. The standard InChI is InChI=1S/C22H14N6O4S/c1-13-20(29)23-22-27(24-13)21(30)18(33-22)11-15-12-26(16-5-3-2-4-6-16)25-19(15)14-7-9-17(10-8-14)28(31)32/h2-12H,1H3/b18-11-. The summed E-state index contributed by atoms with van der Waals surface area (Å²) in [5.41, 5.74) is 1.85. The van der Waals surface area contributed by atoms with Crippen molar-refractivity contribution in [2.45, 2.75) is 6.92 Å². The molecule has 0 atom stereocenters. The number of nitro groups is 1. The van der Waals surface area contributed by atoms with E-state index in [2.05, 4.69) is 15.2 Å². The molecule has 0 unspecified atom stereocenters. The zero-order chi connectivity index (χ0) is 23.1. The summed E-state index contributed by atoms with van der Waals surface area (Å²) in [4.78, 5) is 39.4. The first-order chi connectivity index (χ1) is 15.9. The molecule has 0 radical (unpaired) electrons. The largest absolute Gasteiger partial charge is 0.295 e. The molecule has 0 saturated heterocycles. The molecule has 2 aromatic carbocycles. The number of para-hydroxylation sites is 1. The number of nitro benzene ring substituents is 1. The Morgan fingerprint density at radius 1 is 1.03 bits per heavy atom. The van der Waals surface area contributed by atoms with Crippen LogP contribution in [0.1, 0.15) is 11.3 Å². The number of aromatic nitrogens is 5. The normalized spacial score (nSPS) is 11.8. The number of fused-ring (bicyclic) bond motifs is 1. The zero-order valence-corrected chi connectivity index (χ0v) is 17.9. The highest BCUT2D eigenvalue weighted by molar-refractivity contribution is 7.15. The number of non-ortho nitro benzene ring substituents is 1. The summed E-state index contributed by atoms with van der Waals surface area (Å²) in [5.74, 6) is 0. The Morgan fingerprint density at radius 3 is 2.45 bits per heavy atom. The maximum absolute atomic E-state index is 12.9. The van der Waals surface area contributed by atoms with Gasteiger partial charge in [-0.05, 0) is 37.3 Å². The third-order valence-corrected chi connectivity index (χ3v) is 5.90. The van der Waals surface area contributed by atoms with Crippen molar-refractivity contribution in [1.29, 1.82) is 0 Å². The molecule has 11 heteroatoms. The summed E-state index contributed by atoms with van der Waals surface area (Å²) >= 11 is 1.05. The molecule has 10 nitrogen and oxygen atoms in total. The van der Waals surface area contributed by atoms with Gasteiger partial charge in [0.1, 0.15) is 11.4 Å². The van der Waals surface area contributed by atoms with Crippen LogP contribution in [0.5, 0.6) is 0 Å². The van der Waals surface area contributed by atoms with Gasteiger partial charge in [-0.2, -0.15) is 19.7 Å². The third kappa shape index (κ3) is 3.70. The predicted molar refractivity (Wildman–Crippen MR) is 123 cm³/mol. The molecular formula is C22H14N6O4S. The van der Waals surface area contributed by atoms with E-state index in [1.54, 1.807) is 29.1 Å². The molecule has 0 spiro atoms. The van der Waals surface area contributed by atoms with Crippen LogP contribution in [-0.2, 0) is 0 Å². The molecule has 0 fully saturated rings. The number of rotatable bonds is 4. The topological polar surface area (TPSA) is 125 Å². The van der Waals surface area contributed by atoms with Crippen LogP contribution in [0.2, 0.25) is 0 Å². The average Bonchev–Trinajstić information content (AvgIpc) is 3.37. The quantitative estimate of drug-likeness (QED) is 0.298. The average molecular weight is 458 g/mol. The molecule has 3 aromatic heterocycles. The van der Waals surface area contributed by atoms with Crippen LogP contribution in [0.25, 0.3) is 28.0 Å². The van der Waals surface area contributed by atoms with Gasteiger partial charge in [-0.3, -0.25) is 19.7 Å². The lowest BCUT2D eigenvalue weighted by Gasteiger charge is -2.00. The summed E-state index contributed by atoms with van der Waals surface area (Å²) in [7, 11) is 0. The molecule has 33 heavy (non-hydrogen) atoms. The van der Waals surface area contributed by atoms with E-state index in [1.165, 1.54) is 19.1 Å². The Balaban J connectivity index is 1.73. The molecule has 0 aliphatic heterocycles. The fourth-order valence-electron chi connectivity index (χ4n) is 3.30. The van der Waals surface area contributed by atoms with Gasteiger partial charge in [-0.1, -0.05) is 29.5 Å². The Bertz CT molecular complexity index is 1690. The van der Waals surface area contributed by atoms with E-state index in [0.717, 1.165) is 21.5 Å². The molecule has 162 valence electrons. The Hall–Kier alpha value is -4.51. The fraction of sp³-hybridized carbons (Fsp3) is 0.0455. The first kappa shape index (κ1) is 20.4. The van der Waals surface area contributed by atoms with E-state index in [4.69, 9.17) is 0 Å². The molecular weight excluding hydrogens is 444 g/mol. The third-order valence-electron chi connectivity index (χ3n) is 4.94. The number of thiazole rings is 1. The van der Waals surface area contributed by atoms with Gasteiger partial charge in [-0.25, -0.2) is 4.68 Å². The van der Waals surface area contributed by atoms with Gasteiger partial charge >= 0.3 is 0 Å². The highest BCUT2D eigenvalue weighted by Gasteiger charge is 2.15. The summed E-state index contributed by atoms with van der Waals surface area (Å²) < 4.78 is 3.11. The van der Waals surface area contributed by atoms with E-state index in [-0.39, 0.29) is 16.3 Å². The molecule has 0 aliphatic rings. The maximum Gasteiger partial charge on any atom is 0.295 e. The van der Waals surface area contributed by atoms with Crippen molar-refractivity contribution in [1.82, 2.24) is 24.4 Å². The smallest absolute Gasteiger partial charge is 0.266 e. The van der Waals surface area contributed by atoms with Crippen LogP contribution >= 0.6 is 11.3 Å². The van der Waals surface area contributed by atoms with Crippen LogP contribution in [0.15, 0.2) is 70.4 Å². The maximum atomic E-state index is 12.9. The van der Waals surface area contributed by atoms with Gasteiger partial charge < -0.3 is 0 Å². The van der Waals surface area contributed by atoms with Crippen LogP contribution in [-0.4, -0.2) is 29.3 Å². The number of benzene rings is 2. The lowest BCUT2D eigenvalue weighted by atomic mass is 10.1. The van der Waals surface area contributed by atoms with Crippen molar-refractivity contribution < 1.29 is 4.92 Å². The Morgan fingerprint density at radius 2 is 1.76 bits per heavy atom. The minimum absolute atomic E-state index is 0.0320. The number of aryl methyl sites for hydroxylation is 1. The highest BCUT2D eigenvalue weighted by atomic mass is 32.1. The SMILES string of the molecule is Cc1nn2c(=O)/c(=C/c3cn(-c4ccccc4)nc3-c3ccc([N+](=O)[O-])cc3)sc2nc1=O. The predicted octanol–water partition coefficient (Wildman–Crippen LogP) is 2.13. The highest BCUT2D eigenvalue weighted by Crippen LogP contribution is 2.26. The van der Waals surface area contributed by atoms with Crippen molar-refractivity contribution in [3.05, 3.63) is 107 Å². The minimum Gasteiger partial charge on any atom is -0.266 e. The first-order valence-electron chi connectivity index (χ1n) is 9.73. The molecule has 3 heterocycles. The van der Waals surface area contributed by atoms with E-state index < -0.39 is 16.0 Å². The van der Waals surface area contributed by atoms with E-state index in [0.29, 0.717) is 21.4 Å². The van der Waals surface area contributed by atoms with Gasteiger partial charge in [-0.15, -0.1) is 0 Å². The second kappa shape index (κ2) is 7.88. The monoisotopic (exact) mass is 458 g/mol. The van der Waals surface area contributed by atoms with Crippen LogP contribution in [0.4, 0.5) is 5.69 Å². The summed E-state index contributed by atoms with van der Waals surface area (Å²) in [6.07, 6.45) is 3.43. The molecule has 5 rings (SSSR count). The molecule has 0 bridgehead atoms. The van der Waals surface area contributed by atoms with E-state index >= 15 is 0 Å². The summed E-state index contributed by atoms with van der Waals surface area (Å²) in [6.45, 7) is 1.50. The molecule has 0 saturated carbocycles. The van der Waals surface area contributed by atoms with Crippen molar-refractivity contribution in [3.63, 3.8) is 0 Å². The Kier molecular flexibility index (Phi) is 4.87. The van der Waals surface area contributed by atoms with Crippen molar-refractivity contribution in [2.75, 3.05) is 0 Å². The lowest BCUT2D eigenvalue weighted by molar-refractivity contribution is -0.384. The van der Waals surface area contributed by atoms with Gasteiger partial charge in [0.15, 0.2) is 0 Å².